The van der Waals surface area contributed by atoms with Crippen LogP contribution in [-0.2, 0) is 6.54 Å². The van der Waals surface area contributed by atoms with E-state index in [4.69, 9.17) is 4.74 Å². The van der Waals surface area contributed by atoms with Crippen LogP contribution in [0.3, 0.4) is 0 Å². The molecule has 20 heavy (non-hydrogen) atoms. The van der Waals surface area contributed by atoms with Crippen molar-refractivity contribution in [2.45, 2.75) is 39.2 Å². The molecule has 1 aromatic rings. The Balaban J connectivity index is 1.64. The maximum absolute atomic E-state index is 5.80. The Kier molecular flexibility index (Phi) is 6.89. The maximum Gasteiger partial charge on any atom is 0.123 e. The van der Waals surface area contributed by atoms with E-state index in [1.54, 1.807) is 0 Å². The van der Waals surface area contributed by atoms with E-state index in [1.807, 2.05) is 0 Å². The molecular formula is C17H28N2O. The predicted molar refractivity (Wildman–Crippen MR) is 84.2 cm³/mol. The molecule has 0 saturated carbocycles. The molecule has 3 heteroatoms. The lowest BCUT2D eigenvalue weighted by Crippen LogP contribution is -2.26. The van der Waals surface area contributed by atoms with Crippen molar-refractivity contribution in [2.75, 3.05) is 32.8 Å². The third-order valence-corrected chi connectivity index (χ3v) is 3.86. The number of nitrogens with zero attached hydrogens (tertiary/aromatic N) is 1. The Morgan fingerprint density at radius 2 is 2.00 bits per heavy atom. The lowest BCUT2D eigenvalue weighted by Gasteiger charge is -2.19. The number of fused-ring (bicyclic) bond motifs is 1. The molecule has 1 aliphatic heterocycles. The van der Waals surface area contributed by atoms with Crippen LogP contribution in [0.1, 0.15) is 38.2 Å². The minimum atomic E-state index is 0.817. The average molecular weight is 276 g/mol. The number of hydrogen-bond donors (Lipinski definition) is 1. The third-order valence-electron chi connectivity index (χ3n) is 3.86. The van der Waals surface area contributed by atoms with Crippen molar-refractivity contribution in [3.05, 3.63) is 29.8 Å². The van der Waals surface area contributed by atoms with Gasteiger partial charge in [-0.05, 0) is 38.5 Å². The van der Waals surface area contributed by atoms with E-state index in [9.17, 15) is 0 Å². The molecule has 1 aromatic carbocycles. The van der Waals surface area contributed by atoms with Crippen LogP contribution in [0, 0.1) is 0 Å². The first-order chi connectivity index (χ1) is 9.90. The summed E-state index contributed by atoms with van der Waals surface area (Å²) in [7, 11) is 0. The SMILES string of the molecule is CCNCCCCCCN1CCOc2ccccc2C1. The summed E-state index contributed by atoms with van der Waals surface area (Å²) in [4.78, 5) is 2.52. The molecule has 1 aliphatic rings. The fraction of sp³-hybridized carbons (Fsp3) is 0.647. The molecule has 3 nitrogen and oxygen atoms in total. The van der Waals surface area contributed by atoms with Crippen LogP contribution in [0.15, 0.2) is 24.3 Å². The van der Waals surface area contributed by atoms with Gasteiger partial charge in [-0.3, -0.25) is 4.90 Å². The summed E-state index contributed by atoms with van der Waals surface area (Å²) >= 11 is 0. The van der Waals surface area contributed by atoms with Crippen molar-refractivity contribution in [3.8, 4) is 5.75 Å². The molecule has 2 rings (SSSR count). The number of rotatable bonds is 8. The van der Waals surface area contributed by atoms with E-state index in [2.05, 4.69) is 41.4 Å². The number of ether oxygens (including phenoxy) is 1. The quantitative estimate of drug-likeness (QED) is 0.739. The van der Waals surface area contributed by atoms with Crippen molar-refractivity contribution >= 4 is 0 Å². The molecule has 0 atom stereocenters. The van der Waals surface area contributed by atoms with Crippen molar-refractivity contribution in [1.29, 1.82) is 0 Å². The molecular weight excluding hydrogens is 248 g/mol. The maximum atomic E-state index is 5.80. The minimum absolute atomic E-state index is 0.817. The van der Waals surface area contributed by atoms with E-state index in [0.29, 0.717) is 0 Å². The van der Waals surface area contributed by atoms with Gasteiger partial charge in [0.25, 0.3) is 0 Å². The van der Waals surface area contributed by atoms with Crippen LogP contribution < -0.4 is 10.1 Å². The van der Waals surface area contributed by atoms with Gasteiger partial charge in [0.05, 0.1) is 0 Å². The molecule has 0 aromatic heterocycles. The second kappa shape index (κ2) is 8.98. The van der Waals surface area contributed by atoms with Crippen LogP contribution in [0.2, 0.25) is 0 Å². The molecule has 0 bridgehead atoms. The van der Waals surface area contributed by atoms with Crippen molar-refractivity contribution in [1.82, 2.24) is 10.2 Å². The molecule has 0 spiro atoms. The van der Waals surface area contributed by atoms with Gasteiger partial charge in [-0.2, -0.15) is 0 Å². The van der Waals surface area contributed by atoms with Gasteiger partial charge in [-0.25, -0.2) is 0 Å². The van der Waals surface area contributed by atoms with E-state index < -0.39 is 0 Å². The zero-order valence-electron chi connectivity index (χ0n) is 12.7. The summed E-state index contributed by atoms with van der Waals surface area (Å²) in [6.07, 6.45) is 5.28. The fourth-order valence-electron chi connectivity index (χ4n) is 2.69. The van der Waals surface area contributed by atoms with Gasteiger partial charge in [0, 0.05) is 18.7 Å². The van der Waals surface area contributed by atoms with E-state index in [1.165, 1.54) is 44.3 Å². The highest BCUT2D eigenvalue weighted by Gasteiger charge is 2.13. The van der Waals surface area contributed by atoms with Gasteiger partial charge in [-0.1, -0.05) is 38.0 Å². The summed E-state index contributed by atoms with van der Waals surface area (Å²) in [6, 6.07) is 8.43. The standard InChI is InChI=1S/C17H28N2O/c1-2-18-11-7-3-4-8-12-19-13-14-20-17-10-6-5-9-16(17)15-19/h5-6,9-10,18H,2-4,7-8,11-15H2,1H3. The molecule has 1 heterocycles. The highest BCUT2D eigenvalue weighted by molar-refractivity contribution is 5.33. The number of hydrogen-bond acceptors (Lipinski definition) is 3. The first-order valence-corrected chi connectivity index (χ1v) is 8.04. The van der Waals surface area contributed by atoms with Crippen LogP contribution in [0.4, 0.5) is 0 Å². The van der Waals surface area contributed by atoms with Crippen molar-refractivity contribution in [2.24, 2.45) is 0 Å². The smallest absolute Gasteiger partial charge is 0.123 e. The second-order valence-electron chi connectivity index (χ2n) is 5.50. The summed E-state index contributed by atoms with van der Waals surface area (Å²) in [6.45, 7) is 8.52. The summed E-state index contributed by atoms with van der Waals surface area (Å²) < 4.78 is 5.80. The van der Waals surface area contributed by atoms with E-state index in [0.717, 1.165) is 32.0 Å². The van der Waals surface area contributed by atoms with Crippen LogP contribution in [0.25, 0.3) is 0 Å². The van der Waals surface area contributed by atoms with Crippen LogP contribution in [-0.4, -0.2) is 37.7 Å². The number of nitrogens with one attached hydrogen (secondary N) is 1. The zero-order valence-corrected chi connectivity index (χ0v) is 12.7. The van der Waals surface area contributed by atoms with Gasteiger partial charge in [-0.15, -0.1) is 0 Å². The van der Waals surface area contributed by atoms with E-state index >= 15 is 0 Å². The van der Waals surface area contributed by atoms with Crippen LogP contribution in [0.5, 0.6) is 5.75 Å². The fourth-order valence-corrected chi connectivity index (χ4v) is 2.69. The first kappa shape index (κ1) is 15.3. The van der Waals surface area contributed by atoms with E-state index in [-0.39, 0.29) is 0 Å². The van der Waals surface area contributed by atoms with Gasteiger partial charge in [0.15, 0.2) is 0 Å². The summed E-state index contributed by atoms with van der Waals surface area (Å²) in [5.74, 6) is 1.07. The van der Waals surface area contributed by atoms with Gasteiger partial charge >= 0.3 is 0 Å². The molecule has 0 unspecified atom stereocenters. The largest absolute Gasteiger partial charge is 0.492 e. The number of para-hydroxylation sites is 1. The Labute approximate surface area is 123 Å². The average Bonchev–Trinajstić information content (AvgIpc) is 2.68. The van der Waals surface area contributed by atoms with Gasteiger partial charge < -0.3 is 10.1 Å². The minimum Gasteiger partial charge on any atom is -0.492 e. The topological polar surface area (TPSA) is 24.5 Å². The molecule has 0 aliphatic carbocycles. The molecule has 0 fully saturated rings. The highest BCUT2D eigenvalue weighted by Crippen LogP contribution is 2.22. The van der Waals surface area contributed by atoms with Gasteiger partial charge in [0.2, 0.25) is 0 Å². The first-order valence-electron chi connectivity index (χ1n) is 8.04. The Bertz CT molecular complexity index is 381. The normalized spacial score (nSPS) is 15.4. The Morgan fingerprint density at radius 1 is 1.15 bits per heavy atom. The zero-order chi connectivity index (χ0) is 14.0. The summed E-state index contributed by atoms with van der Waals surface area (Å²) in [5, 5.41) is 3.38. The molecule has 1 N–H and O–H groups in total. The molecule has 0 amide bonds. The molecule has 0 saturated heterocycles. The third kappa shape index (κ3) is 5.14. The Hall–Kier alpha value is -1.06. The number of benzene rings is 1. The Morgan fingerprint density at radius 3 is 2.90 bits per heavy atom. The lowest BCUT2D eigenvalue weighted by molar-refractivity contribution is 0.222. The van der Waals surface area contributed by atoms with Crippen molar-refractivity contribution in [3.63, 3.8) is 0 Å². The van der Waals surface area contributed by atoms with Crippen molar-refractivity contribution < 1.29 is 4.74 Å². The monoisotopic (exact) mass is 276 g/mol. The highest BCUT2D eigenvalue weighted by atomic mass is 16.5. The number of unbranched alkanes of at least 4 members (excludes halogenated alkanes) is 3. The molecule has 0 radical (unpaired) electrons. The van der Waals surface area contributed by atoms with Gasteiger partial charge in [0.1, 0.15) is 12.4 Å². The lowest BCUT2D eigenvalue weighted by atomic mass is 10.1. The molecule has 112 valence electrons. The summed E-state index contributed by atoms with van der Waals surface area (Å²) in [5.41, 5.74) is 1.33. The predicted octanol–water partition coefficient (Wildman–Crippen LogP) is 3.05. The second-order valence-corrected chi connectivity index (χ2v) is 5.50. The van der Waals surface area contributed by atoms with Crippen LogP contribution >= 0.6 is 0 Å².